The van der Waals surface area contributed by atoms with E-state index in [0.717, 1.165) is 38.0 Å². The predicted octanol–water partition coefficient (Wildman–Crippen LogP) is 1.97. The van der Waals surface area contributed by atoms with Gasteiger partial charge in [-0.05, 0) is 44.7 Å². The first-order chi connectivity index (χ1) is 11.3. The lowest BCUT2D eigenvalue weighted by Crippen LogP contribution is -2.60. The van der Waals surface area contributed by atoms with Gasteiger partial charge in [-0.25, -0.2) is 0 Å². The number of amides is 1. The molecular weight excluding hydrogens is 300 g/mol. The molecule has 0 spiro atoms. The minimum absolute atomic E-state index is 0.0427. The van der Waals surface area contributed by atoms with E-state index in [1.54, 1.807) is 0 Å². The number of piperidine rings is 1. The molecule has 134 valence electrons. The van der Waals surface area contributed by atoms with Crippen LogP contribution < -0.4 is 11.1 Å². The number of hydrogen-bond donors (Lipinski definition) is 2. The van der Waals surface area contributed by atoms with E-state index in [-0.39, 0.29) is 17.4 Å². The van der Waals surface area contributed by atoms with Crippen molar-refractivity contribution in [2.45, 2.75) is 64.6 Å². The summed E-state index contributed by atoms with van der Waals surface area (Å²) in [5, 5.41) is 3.29. The van der Waals surface area contributed by atoms with Crippen molar-refractivity contribution in [3.8, 4) is 0 Å². The fraction of sp³-hybridized carbons (Fsp3) is 0.684. The van der Waals surface area contributed by atoms with Gasteiger partial charge in [-0.15, -0.1) is 0 Å². The molecule has 0 aromatic carbocycles. The van der Waals surface area contributed by atoms with Gasteiger partial charge < -0.3 is 16.0 Å². The van der Waals surface area contributed by atoms with Crippen LogP contribution in [0.1, 0.15) is 46.2 Å². The summed E-state index contributed by atoms with van der Waals surface area (Å²) < 4.78 is 0. The molecule has 0 aliphatic carbocycles. The Morgan fingerprint density at radius 1 is 1.29 bits per heavy atom. The van der Waals surface area contributed by atoms with Crippen molar-refractivity contribution in [1.82, 2.24) is 15.2 Å². The molecule has 1 amide bonds. The zero-order valence-corrected chi connectivity index (χ0v) is 15.5. The van der Waals surface area contributed by atoms with E-state index in [0.29, 0.717) is 6.04 Å². The highest BCUT2D eigenvalue weighted by molar-refractivity contribution is 5.82. The second kappa shape index (κ2) is 8.08. The number of rotatable bonds is 6. The average molecular weight is 332 g/mol. The third-order valence-electron chi connectivity index (χ3n) is 5.14. The highest BCUT2D eigenvalue weighted by Crippen LogP contribution is 2.27. The largest absolute Gasteiger partial charge is 0.349 e. The summed E-state index contributed by atoms with van der Waals surface area (Å²) in [7, 11) is 0. The van der Waals surface area contributed by atoms with E-state index >= 15 is 0 Å². The van der Waals surface area contributed by atoms with Crippen molar-refractivity contribution in [2.75, 3.05) is 13.1 Å². The number of likely N-dealkylation sites (tertiary alicyclic amines) is 1. The van der Waals surface area contributed by atoms with E-state index < -0.39 is 6.04 Å². The Labute approximate surface area is 146 Å². The number of carbonyl (C=O) groups excluding carboxylic acids is 1. The van der Waals surface area contributed by atoms with Crippen LogP contribution in [-0.4, -0.2) is 46.5 Å². The van der Waals surface area contributed by atoms with Crippen LogP contribution in [0.2, 0.25) is 0 Å². The minimum Gasteiger partial charge on any atom is -0.349 e. The van der Waals surface area contributed by atoms with Crippen LogP contribution >= 0.6 is 0 Å². The first-order valence-corrected chi connectivity index (χ1v) is 9.04. The SMILES string of the molecule is CC(C)C(N)C(=O)NC1(Cc2ccccn2)CCN(C(C)C)CC1. The molecule has 3 N–H and O–H groups in total. The summed E-state index contributed by atoms with van der Waals surface area (Å²) in [6.07, 6.45) is 4.43. The number of hydrogen-bond acceptors (Lipinski definition) is 4. The smallest absolute Gasteiger partial charge is 0.237 e. The van der Waals surface area contributed by atoms with Crippen LogP contribution in [-0.2, 0) is 11.2 Å². The highest BCUT2D eigenvalue weighted by atomic mass is 16.2. The molecule has 1 atom stereocenters. The molecule has 2 heterocycles. The van der Waals surface area contributed by atoms with Gasteiger partial charge in [-0.2, -0.15) is 0 Å². The lowest BCUT2D eigenvalue weighted by atomic mass is 9.82. The summed E-state index contributed by atoms with van der Waals surface area (Å²) in [5.74, 6) is 0.0894. The van der Waals surface area contributed by atoms with Crippen molar-refractivity contribution < 1.29 is 4.79 Å². The minimum atomic E-state index is -0.464. The normalized spacial score (nSPS) is 19.5. The van der Waals surface area contributed by atoms with Gasteiger partial charge in [0, 0.05) is 43.0 Å². The summed E-state index contributed by atoms with van der Waals surface area (Å²) in [4.78, 5) is 19.5. The van der Waals surface area contributed by atoms with Crippen molar-refractivity contribution in [3.63, 3.8) is 0 Å². The third kappa shape index (κ3) is 4.77. The quantitative estimate of drug-likeness (QED) is 0.835. The lowest BCUT2D eigenvalue weighted by molar-refractivity contribution is -0.126. The number of pyridine rings is 1. The number of nitrogens with two attached hydrogens (primary N) is 1. The second-order valence-electron chi connectivity index (χ2n) is 7.67. The maximum Gasteiger partial charge on any atom is 0.237 e. The third-order valence-corrected chi connectivity index (χ3v) is 5.14. The van der Waals surface area contributed by atoms with Gasteiger partial charge in [-0.1, -0.05) is 19.9 Å². The molecule has 1 aromatic rings. The van der Waals surface area contributed by atoms with Gasteiger partial charge in [0.2, 0.25) is 5.91 Å². The van der Waals surface area contributed by atoms with Crippen LogP contribution in [0.4, 0.5) is 0 Å². The topological polar surface area (TPSA) is 71.2 Å². The molecule has 2 rings (SSSR count). The van der Waals surface area contributed by atoms with Gasteiger partial charge in [-0.3, -0.25) is 9.78 Å². The number of carbonyl (C=O) groups is 1. The van der Waals surface area contributed by atoms with Gasteiger partial charge in [0.05, 0.1) is 6.04 Å². The zero-order valence-electron chi connectivity index (χ0n) is 15.5. The molecule has 1 saturated heterocycles. The molecule has 0 bridgehead atoms. The molecule has 5 heteroatoms. The van der Waals surface area contributed by atoms with E-state index in [1.165, 1.54) is 0 Å². The molecule has 0 saturated carbocycles. The van der Waals surface area contributed by atoms with Crippen LogP contribution in [0, 0.1) is 5.92 Å². The van der Waals surface area contributed by atoms with Gasteiger partial charge in [0.15, 0.2) is 0 Å². The standard InChI is InChI=1S/C19H32N4O/c1-14(2)17(20)18(24)22-19(13-16-7-5-6-10-21-16)8-11-23(12-9-19)15(3)4/h5-7,10,14-15,17H,8-9,11-13,20H2,1-4H3,(H,22,24). The summed E-state index contributed by atoms with van der Waals surface area (Å²) in [6, 6.07) is 6.02. The van der Waals surface area contributed by atoms with Crippen molar-refractivity contribution in [3.05, 3.63) is 30.1 Å². The molecule has 1 aromatic heterocycles. The monoisotopic (exact) mass is 332 g/mol. The maximum absolute atomic E-state index is 12.6. The molecule has 24 heavy (non-hydrogen) atoms. The first-order valence-electron chi connectivity index (χ1n) is 9.04. The van der Waals surface area contributed by atoms with E-state index in [1.807, 2.05) is 38.2 Å². The number of nitrogens with one attached hydrogen (secondary N) is 1. The Bertz CT molecular complexity index is 521. The molecular formula is C19H32N4O. The average Bonchev–Trinajstić information content (AvgIpc) is 2.55. The van der Waals surface area contributed by atoms with Crippen LogP contribution in [0.3, 0.4) is 0 Å². The molecule has 1 unspecified atom stereocenters. The Kier molecular flexibility index (Phi) is 6.35. The number of aromatic nitrogens is 1. The van der Waals surface area contributed by atoms with Gasteiger partial charge in [0.25, 0.3) is 0 Å². The Morgan fingerprint density at radius 3 is 2.46 bits per heavy atom. The highest BCUT2D eigenvalue weighted by Gasteiger charge is 2.38. The summed E-state index contributed by atoms with van der Waals surface area (Å²) in [5.41, 5.74) is 6.84. The van der Waals surface area contributed by atoms with Crippen molar-refractivity contribution in [2.24, 2.45) is 11.7 Å². The summed E-state index contributed by atoms with van der Waals surface area (Å²) in [6.45, 7) is 10.4. The van der Waals surface area contributed by atoms with E-state index in [2.05, 4.69) is 29.0 Å². The van der Waals surface area contributed by atoms with Gasteiger partial charge in [0.1, 0.15) is 0 Å². The Hall–Kier alpha value is -1.46. The zero-order chi connectivity index (χ0) is 17.7. The number of nitrogens with zero attached hydrogens (tertiary/aromatic N) is 2. The molecule has 1 aliphatic rings. The van der Waals surface area contributed by atoms with Crippen LogP contribution in [0.15, 0.2) is 24.4 Å². The molecule has 5 nitrogen and oxygen atoms in total. The fourth-order valence-electron chi connectivity index (χ4n) is 3.31. The van der Waals surface area contributed by atoms with E-state index in [9.17, 15) is 4.79 Å². The van der Waals surface area contributed by atoms with Crippen molar-refractivity contribution >= 4 is 5.91 Å². The Balaban J connectivity index is 2.14. The Morgan fingerprint density at radius 2 is 1.96 bits per heavy atom. The maximum atomic E-state index is 12.6. The molecule has 1 fully saturated rings. The lowest BCUT2D eigenvalue weighted by Gasteiger charge is -2.44. The van der Waals surface area contributed by atoms with Crippen molar-refractivity contribution in [1.29, 1.82) is 0 Å². The van der Waals surface area contributed by atoms with Crippen LogP contribution in [0.25, 0.3) is 0 Å². The van der Waals surface area contributed by atoms with Gasteiger partial charge >= 0.3 is 0 Å². The summed E-state index contributed by atoms with van der Waals surface area (Å²) >= 11 is 0. The molecule has 1 aliphatic heterocycles. The molecule has 0 radical (unpaired) electrons. The predicted molar refractivity (Wildman–Crippen MR) is 97.6 cm³/mol. The second-order valence-corrected chi connectivity index (χ2v) is 7.67. The van der Waals surface area contributed by atoms with E-state index in [4.69, 9.17) is 5.73 Å². The first kappa shape index (κ1) is 18.9. The fourth-order valence-corrected chi connectivity index (χ4v) is 3.31. The van der Waals surface area contributed by atoms with Crippen LogP contribution in [0.5, 0.6) is 0 Å².